The van der Waals surface area contributed by atoms with Gasteiger partial charge in [-0.2, -0.15) is 5.10 Å². The number of likely N-dealkylation sites (tertiary alicyclic amines) is 1. The fourth-order valence-corrected chi connectivity index (χ4v) is 2.73. The first-order chi connectivity index (χ1) is 9.24. The largest absolute Gasteiger partial charge is 0.339 e. The van der Waals surface area contributed by atoms with Crippen LogP contribution in [-0.2, 0) is 7.05 Å². The molecule has 4 nitrogen and oxygen atoms in total. The van der Waals surface area contributed by atoms with E-state index >= 15 is 0 Å². The van der Waals surface area contributed by atoms with Crippen molar-refractivity contribution in [1.29, 1.82) is 0 Å². The predicted octanol–water partition coefficient (Wildman–Crippen LogP) is 2.59. The number of aromatic nitrogens is 2. The molecule has 1 aliphatic heterocycles. The summed E-state index contributed by atoms with van der Waals surface area (Å²) in [6.45, 7) is 1.78. The van der Waals surface area contributed by atoms with Crippen LogP contribution in [0.5, 0.6) is 0 Å². The molecular weight excluding hydrogens is 238 g/mol. The molecule has 100 valence electrons. The second-order valence-corrected chi connectivity index (χ2v) is 5.28. The second-order valence-electron chi connectivity index (χ2n) is 5.28. The van der Waals surface area contributed by atoms with E-state index in [1.54, 1.807) is 4.68 Å². The fourth-order valence-electron chi connectivity index (χ4n) is 2.73. The lowest BCUT2D eigenvalue weighted by Crippen LogP contribution is -2.31. The first kappa shape index (κ1) is 12.2. The van der Waals surface area contributed by atoms with Gasteiger partial charge in [0.15, 0.2) is 0 Å². The number of amides is 1. The van der Waals surface area contributed by atoms with Gasteiger partial charge in [-0.15, -0.1) is 0 Å². The Morgan fingerprint density at radius 3 is 2.63 bits per heavy atom. The van der Waals surface area contributed by atoms with Crippen LogP contribution < -0.4 is 0 Å². The van der Waals surface area contributed by atoms with Crippen LogP contribution in [0.1, 0.15) is 36.0 Å². The molecule has 1 aromatic carbocycles. The highest BCUT2D eigenvalue weighted by atomic mass is 16.2. The van der Waals surface area contributed by atoms with Crippen LogP contribution in [0.4, 0.5) is 0 Å². The summed E-state index contributed by atoms with van der Waals surface area (Å²) in [4.78, 5) is 14.5. The van der Waals surface area contributed by atoms with Gasteiger partial charge in [-0.1, -0.05) is 18.9 Å². The fraction of sp³-hybridized carbons (Fsp3) is 0.467. The van der Waals surface area contributed by atoms with Crippen LogP contribution in [0.2, 0.25) is 0 Å². The molecule has 3 rings (SSSR count). The highest BCUT2D eigenvalue weighted by Crippen LogP contribution is 2.17. The van der Waals surface area contributed by atoms with Crippen LogP contribution >= 0.6 is 0 Å². The van der Waals surface area contributed by atoms with Crippen molar-refractivity contribution in [3.63, 3.8) is 0 Å². The number of hydrogen-bond donors (Lipinski definition) is 0. The van der Waals surface area contributed by atoms with E-state index in [1.165, 1.54) is 12.8 Å². The maximum atomic E-state index is 12.5. The Hall–Kier alpha value is -1.84. The van der Waals surface area contributed by atoms with E-state index in [0.717, 1.165) is 42.4 Å². The summed E-state index contributed by atoms with van der Waals surface area (Å²) < 4.78 is 1.78. The molecule has 4 heteroatoms. The van der Waals surface area contributed by atoms with E-state index in [0.29, 0.717) is 0 Å². The third-order valence-corrected chi connectivity index (χ3v) is 3.76. The van der Waals surface area contributed by atoms with E-state index in [1.807, 2.05) is 36.3 Å². The molecule has 0 radical (unpaired) electrons. The van der Waals surface area contributed by atoms with Crippen LogP contribution in [-0.4, -0.2) is 33.7 Å². The average molecular weight is 257 g/mol. The Morgan fingerprint density at radius 1 is 1.16 bits per heavy atom. The number of nitrogens with zero attached hydrogens (tertiary/aromatic N) is 3. The smallest absolute Gasteiger partial charge is 0.253 e. The van der Waals surface area contributed by atoms with Crippen molar-refractivity contribution in [3.8, 4) is 0 Å². The van der Waals surface area contributed by atoms with Crippen molar-refractivity contribution in [2.45, 2.75) is 25.7 Å². The SMILES string of the molecule is Cn1cc2ccc(C(=O)N3CCCCCC3)cc2n1. The zero-order chi connectivity index (χ0) is 13.2. The first-order valence-corrected chi connectivity index (χ1v) is 6.97. The molecule has 0 aliphatic carbocycles. The standard InChI is InChI=1S/C15H19N3O/c1-17-11-13-7-6-12(10-14(13)16-17)15(19)18-8-4-2-3-5-9-18/h6-7,10-11H,2-5,8-9H2,1H3. The van der Waals surface area contributed by atoms with Gasteiger partial charge in [-0.3, -0.25) is 9.48 Å². The van der Waals surface area contributed by atoms with Gasteiger partial charge in [-0.05, 0) is 25.0 Å². The molecule has 0 bridgehead atoms. The topological polar surface area (TPSA) is 38.1 Å². The monoisotopic (exact) mass is 257 g/mol. The predicted molar refractivity (Wildman–Crippen MR) is 75.1 cm³/mol. The second kappa shape index (κ2) is 5.03. The third-order valence-electron chi connectivity index (χ3n) is 3.76. The first-order valence-electron chi connectivity index (χ1n) is 6.97. The summed E-state index contributed by atoms with van der Waals surface area (Å²) in [6, 6.07) is 5.80. The summed E-state index contributed by atoms with van der Waals surface area (Å²) in [5.41, 5.74) is 1.65. The van der Waals surface area contributed by atoms with Gasteiger partial charge in [0, 0.05) is 37.3 Å². The van der Waals surface area contributed by atoms with E-state index in [2.05, 4.69) is 5.10 Å². The van der Waals surface area contributed by atoms with Gasteiger partial charge in [0.1, 0.15) is 0 Å². The molecule has 1 saturated heterocycles. The molecule has 1 amide bonds. The Balaban J connectivity index is 1.87. The molecule has 0 saturated carbocycles. The molecular formula is C15H19N3O. The zero-order valence-corrected chi connectivity index (χ0v) is 11.3. The molecule has 1 aromatic heterocycles. The number of aryl methyl sites for hydroxylation is 1. The number of rotatable bonds is 1. The van der Waals surface area contributed by atoms with Crippen LogP contribution in [0.15, 0.2) is 24.4 Å². The minimum absolute atomic E-state index is 0.148. The molecule has 1 aliphatic rings. The number of carbonyl (C=O) groups is 1. The van der Waals surface area contributed by atoms with Gasteiger partial charge in [0.25, 0.3) is 5.91 Å². The summed E-state index contributed by atoms with van der Waals surface area (Å²) in [5, 5.41) is 5.44. The number of carbonyl (C=O) groups excluding carboxylic acids is 1. The molecule has 0 spiro atoms. The lowest BCUT2D eigenvalue weighted by molar-refractivity contribution is 0.0762. The van der Waals surface area contributed by atoms with E-state index < -0.39 is 0 Å². The third kappa shape index (κ3) is 2.48. The van der Waals surface area contributed by atoms with Gasteiger partial charge in [0.2, 0.25) is 0 Å². The summed E-state index contributed by atoms with van der Waals surface area (Å²) >= 11 is 0. The Kier molecular flexibility index (Phi) is 3.23. The van der Waals surface area contributed by atoms with Crippen LogP contribution in [0.25, 0.3) is 10.9 Å². The normalized spacial score (nSPS) is 16.6. The number of hydrogen-bond acceptors (Lipinski definition) is 2. The van der Waals surface area contributed by atoms with Gasteiger partial charge >= 0.3 is 0 Å². The van der Waals surface area contributed by atoms with Crippen molar-refractivity contribution < 1.29 is 4.79 Å². The molecule has 2 heterocycles. The Morgan fingerprint density at radius 2 is 1.89 bits per heavy atom. The van der Waals surface area contributed by atoms with Gasteiger partial charge < -0.3 is 4.90 Å². The summed E-state index contributed by atoms with van der Waals surface area (Å²) in [6.07, 6.45) is 6.69. The Bertz CT molecular complexity index is 594. The minimum atomic E-state index is 0.148. The van der Waals surface area contributed by atoms with Crippen molar-refractivity contribution in [3.05, 3.63) is 30.0 Å². The van der Waals surface area contributed by atoms with Crippen molar-refractivity contribution >= 4 is 16.8 Å². The number of fused-ring (bicyclic) bond motifs is 1. The van der Waals surface area contributed by atoms with Gasteiger partial charge in [0.05, 0.1) is 5.52 Å². The molecule has 0 unspecified atom stereocenters. The summed E-state index contributed by atoms with van der Waals surface area (Å²) in [5.74, 6) is 0.148. The molecule has 19 heavy (non-hydrogen) atoms. The molecule has 2 aromatic rings. The minimum Gasteiger partial charge on any atom is -0.339 e. The quantitative estimate of drug-likeness (QED) is 0.787. The highest BCUT2D eigenvalue weighted by molar-refractivity contribution is 5.97. The molecule has 0 N–H and O–H groups in total. The maximum Gasteiger partial charge on any atom is 0.253 e. The maximum absolute atomic E-state index is 12.5. The molecule has 0 atom stereocenters. The van der Waals surface area contributed by atoms with Crippen molar-refractivity contribution in [2.75, 3.05) is 13.1 Å². The van der Waals surface area contributed by atoms with Crippen LogP contribution in [0, 0.1) is 0 Å². The van der Waals surface area contributed by atoms with Crippen LogP contribution in [0.3, 0.4) is 0 Å². The van der Waals surface area contributed by atoms with Crippen molar-refractivity contribution in [2.24, 2.45) is 7.05 Å². The average Bonchev–Trinajstić information content (AvgIpc) is 2.63. The van der Waals surface area contributed by atoms with Crippen molar-refractivity contribution in [1.82, 2.24) is 14.7 Å². The zero-order valence-electron chi connectivity index (χ0n) is 11.3. The van der Waals surface area contributed by atoms with E-state index in [4.69, 9.17) is 0 Å². The van der Waals surface area contributed by atoms with E-state index in [-0.39, 0.29) is 5.91 Å². The highest BCUT2D eigenvalue weighted by Gasteiger charge is 2.17. The van der Waals surface area contributed by atoms with E-state index in [9.17, 15) is 4.79 Å². The van der Waals surface area contributed by atoms with Gasteiger partial charge in [-0.25, -0.2) is 0 Å². The lowest BCUT2D eigenvalue weighted by atomic mass is 10.1. The lowest BCUT2D eigenvalue weighted by Gasteiger charge is -2.20. The Labute approximate surface area is 113 Å². The number of benzene rings is 1. The summed E-state index contributed by atoms with van der Waals surface area (Å²) in [7, 11) is 1.90. The molecule has 1 fully saturated rings.